The van der Waals surface area contributed by atoms with Gasteiger partial charge in [0.05, 0.1) is 16.6 Å². The van der Waals surface area contributed by atoms with Gasteiger partial charge in [-0.3, -0.25) is 9.59 Å². The molecule has 1 fully saturated rings. The number of hydrogen-bond acceptors (Lipinski definition) is 3. The topological polar surface area (TPSA) is 75.4 Å². The highest BCUT2D eigenvalue weighted by Crippen LogP contribution is 2.26. The number of benzene rings is 1. The molecule has 0 bridgehead atoms. The van der Waals surface area contributed by atoms with E-state index in [2.05, 4.69) is 5.10 Å². The zero-order valence-corrected chi connectivity index (χ0v) is 14.9. The van der Waals surface area contributed by atoms with Gasteiger partial charge < -0.3 is 10.0 Å². The van der Waals surface area contributed by atoms with Crippen molar-refractivity contribution < 1.29 is 14.7 Å². The van der Waals surface area contributed by atoms with E-state index in [0.29, 0.717) is 30.2 Å². The summed E-state index contributed by atoms with van der Waals surface area (Å²) in [6.45, 7) is 4.59. The molecule has 132 valence electrons. The van der Waals surface area contributed by atoms with Gasteiger partial charge in [-0.2, -0.15) is 5.10 Å². The Hall–Kier alpha value is -2.34. The van der Waals surface area contributed by atoms with Gasteiger partial charge in [0.25, 0.3) is 5.91 Å². The van der Waals surface area contributed by atoms with Gasteiger partial charge >= 0.3 is 5.97 Å². The number of carbonyl (C=O) groups is 2. The van der Waals surface area contributed by atoms with E-state index >= 15 is 0 Å². The maximum absolute atomic E-state index is 12.8. The molecule has 0 spiro atoms. The summed E-state index contributed by atoms with van der Waals surface area (Å²) in [6.07, 6.45) is 0.465. The van der Waals surface area contributed by atoms with Crippen molar-refractivity contribution in [1.29, 1.82) is 0 Å². The van der Waals surface area contributed by atoms with Gasteiger partial charge in [-0.25, -0.2) is 4.68 Å². The second-order valence-corrected chi connectivity index (χ2v) is 6.90. The fourth-order valence-corrected chi connectivity index (χ4v) is 3.52. The zero-order chi connectivity index (χ0) is 18.1. The summed E-state index contributed by atoms with van der Waals surface area (Å²) in [5.41, 5.74) is 1.88. The average molecular weight is 362 g/mol. The molecule has 1 aliphatic rings. The molecule has 3 rings (SSSR count). The predicted octanol–water partition coefficient (Wildman–Crippen LogP) is 3.02. The van der Waals surface area contributed by atoms with E-state index in [4.69, 9.17) is 11.6 Å². The van der Waals surface area contributed by atoms with E-state index in [1.54, 1.807) is 21.7 Å². The summed E-state index contributed by atoms with van der Waals surface area (Å²) < 4.78 is 1.66. The lowest BCUT2D eigenvalue weighted by molar-refractivity contribution is -0.145. The van der Waals surface area contributed by atoms with Crippen molar-refractivity contribution in [3.8, 4) is 5.69 Å². The number of aryl methyl sites for hydroxylation is 1. The molecule has 6 nitrogen and oxygen atoms in total. The number of nitrogens with zero attached hydrogens (tertiary/aromatic N) is 3. The van der Waals surface area contributed by atoms with Crippen molar-refractivity contribution in [3.63, 3.8) is 0 Å². The van der Waals surface area contributed by atoms with E-state index < -0.39 is 11.9 Å². The Balaban J connectivity index is 1.82. The summed E-state index contributed by atoms with van der Waals surface area (Å²) >= 11 is 6.22. The first-order valence-corrected chi connectivity index (χ1v) is 8.60. The third-order valence-corrected chi connectivity index (χ3v) is 5.02. The van der Waals surface area contributed by atoms with Gasteiger partial charge in [0, 0.05) is 18.8 Å². The monoisotopic (exact) mass is 361 g/mol. The van der Waals surface area contributed by atoms with Crippen LogP contribution in [0.3, 0.4) is 0 Å². The van der Waals surface area contributed by atoms with Crippen LogP contribution in [0.1, 0.15) is 29.5 Å². The summed E-state index contributed by atoms with van der Waals surface area (Å²) in [4.78, 5) is 25.7. The minimum atomic E-state index is -0.793. The maximum Gasteiger partial charge on any atom is 0.306 e. The van der Waals surface area contributed by atoms with Crippen molar-refractivity contribution in [1.82, 2.24) is 14.7 Å². The van der Waals surface area contributed by atoms with Gasteiger partial charge in [-0.15, -0.1) is 0 Å². The lowest BCUT2D eigenvalue weighted by Crippen LogP contribution is -2.45. The first kappa shape index (κ1) is 17.5. The number of carboxylic acids is 1. The minimum Gasteiger partial charge on any atom is -0.481 e. The molecular weight excluding hydrogens is 342 g/mol. The fourth-order valence-electron chi connectivity index (χ4n) is 3.31. The lowest BCUT2D eigenvalue weighted by Gasteiger charge is -2.34. The first-order chi connectivity index (χ1) is 11.9. The van der Waals surface area contributed by atoms with Crippen LogP contribution in [0.2, 0.25) is 5.02 Å². The predicted molar refractivity (Wildman–Crippen MR) is 94.1 cm³/mol. The Kier molecular flexibility index (Phi) is 4.81. The normalized spacial score (nSPS) is 20.5. The summed E-state index contributed by atoms with van der Waals surface area (Å²) in [7, 11) is 0. The molecule has 1 amide bonds. The summed E-state index contributed by atoms with van der Waals surface area (Å²) in [6, 6.07) is 9.06. The van der Waals surface area contributed by atoms with Crippen LogP contribution in [0.15, 0.2) is 30.3 Å². The number of likely N-dealkylation sites (tertiary alicyclic amines) is 1. The number of hydrogen-bond donors (Lipinski definition) is 1. The molecule has 25 heavy (non-hydrogen) atoms. The summed E-state index contributed by atoms with van der Waals surface area (Å²) in [5.74, 6) is -1.45. The van der Waals surface area contributed by atoms with Crippen LogP contribution >= 0.6 is 11.6 Å². The van der Waals surface area contributed by atoms with Crippen molar-refractivity contribution in [2.24, 2.45) is 11.8 Å². The number of piperidine rings is 1. The smallest absolute Gasteiger partial charge is 0.306 e. The quantitative estimate of drug-likeness (QED) is 0.911. The van der Waals surface area contributed by atoms with Crippen LogP contribution in [0.5, 0.6) is 0 Å². The molecular formula is C18H20ClN3O3. The molecule has 1 aliphatic heterocycles. The van der Waals surface area contributed by atoms with Crippen molar-refractivity contribution in [3.05, 3.63) is 46.7 Å². The molecule has 2 heterocycles. The molecule has 2 unspecified atom stereocenters. The van der Waals surface area contributed by atoms with Crippen LogP contribution < -0.4 is 0 Å². The largest absolute Gasteiger partial charge is 0.481 e. The van der Waals surface area contributed by atoms with Gasteiger partial charge in [0.2, 0.25) is 0 Å². The van der Waals surface area contributed by atoms with Crippen LogP contribution in [-0.4, -0.2) is 44.8 Å². The summed E-state index contributed by atoms with van der Waals surface area (Å²) in [5, 5.41) is 14.2. The van der Waals surface area contributed by atoms with E-state index in [9.17, 15) is 14.7 Å². The van der Waals surface area contributed by atoms with E-state index in [-0.39, 0.29) is 11.8 Å². The number of aromatic nitrogens is 2. The third kappa shape index (κ3) is 3.39. The van der Waals surface area contributed by atoms with E-state index in [1.807, 2.05) is 32.0 Å². The number of rotatable bonds is 3. The third-order valence-electron chi connectivity index (χ3n) is 4.70. The SMILES string of the molecule is Cc1cc(C(=O)N2CCC(C(=O)O)C(C)C2)nn1-c1ccccc1Cl. The number of aliphatic carboxylic acids is 1. The highest BCUT2D eigenvalue weighted by atomic mass is 35.5. The average Bonchev–Trinajstić information content (AvgIpc) is 2.95. The Morgan fingerprint density at radius 2 is 2.04 bits per heavy atom. The lowest BCUT2D eigenvalue weighted by atomic mass is 9.87. The zero-order valence-electron chi connectivity index (χ0n) is 14.1. The standard InChI is InChI=1S/C18H20ClN3O3/c1-11-10-21(8-7-13(11)18(24)25)17(23)15-9-12(2)22(20-15)16-6-4-3-5-14(16)19/h3-6,9,11,13H,7-8,10H2,1-2H3,(H,24,25). The maximum atomic E-state index is 12.8. The van der Waals surface area contributed by atoms with Gasteiger partial charge in [0.1, 0.15) is 0 Å². The van der Waals surface area contributed by atoms with Crippen LogP contribution in [0, 0.1) is 18.8 Å². The number of halogens is 1. The highest BCUT2D eigenvalue weighted by Gasteiger charge is 2.34. The molecule has 1 saturated heterocycles. The molecule has 2 atom stereocenters. The Morgan fingerprint density at radius 3 is 2.68 bits per heavy atom. The Labute approximate surface area is 151 Å². The molecule has 0 aliphatic carbocycles. The van der Waals surface area contributed by atoms with Crippen molar-refractivity contribution >= 4 is 23.5 Å². The molecule has 1 N–H and O–H groups in total. The number of carbonyl (C=O) groups excluding carboxylic acids is 1. The molecule has 1 aromatic carbocycles. The number of amides is 1. The second-order valence-electron chi connectivity index (χ2n) is 6.50. The highest BCUT2D eigenvalue weighted by molar-refractivity contribution is 6.32. The van der Waals surface area contributed by atoms with Crippen LogP contribution in [0.4, 0.5) is 0 Å². The Bertz CT molecular complexity index is 818. The van der Waals surface area contributed by atoms with Gasteiger partial charge in [-0.1, -0.05) is 30.7 Å². The van der Waals surface area contributed by atoms with E-state index in [0.717, 1.165) is 11.4 Å². The van der Waals surface area contributed by atoms with Gasteiger partial charge in [-0.05, 0) is 37.5 Å². The van der Waals surface area contributed by atoms with Crippen molar-refractivity contribution in [2.75, 3.05) is 13.1 Å². The fraction of sp³-hybridized carbons (Fsp3) is 0.389. The molecule has 1 aromatic heterocycles. The van der Waals surface area contributed by atoms with Crippen LogP contribution in [0.25, 0.3) is 5.69 Å². The van der Waals surface area contributed by atoms with E-state index in [1.165, 1.54) is 0 Å². The van der Waals surface area contributed by atoms with Crippen molar-refractivity contribution in [2.45, 2.75) is 20.3 Å². The molecule has 7 heteroatoms. The Morgan fingerprint density at radius 1 is 1.32 bits per heavy atom. The molecule has 0 saturated carbocycles. The number of para-hydroxylation sites is 1. The second kappa shape index (κ2) is 6.88. The number of carboxylic acid groups (broad SMARTS) is 1. The van der Waals surface area contributed by atoms with Crippen LogP contribution in [-0.2, 0) is 4.79 Å². The minimum absolute atomic E-state index is 0.0815. The van der Waals surface area contributed by atoms with Gasteiger partial charge in [0.15, 0.2) is 5.69 Å². The molecule has 0 radical (unpaired) electrons. The first-order valence-electron chi connectivity index (χ1n) is 8.22. The molecule has 2 aromatic rings.